The van der Waals surface area contributed by atoms with Crippen molar-refractivity contribution >= 4 is 40.7 Å². The lowest BCUT2D eigenvalue weighted by atomic mass is 10.2. The Hall–Kier alpha value is -2.70. The molecule has 2 aromatic heterocycles. The minimum Gasteiger partial charge on any atom is -0.350 e. The molecule has 1 amide bonds. The number of carbonyl (C=O) groups excluding carboxylic acids is 1. The number of anilines is 2. The zero-order valence-corrected chi connectivity index (χ0v) is 14.4. The van der Waals surface area contributed by atoms with Crippen molar-refractivity contribution in [3.63, 3.8) is 0 Å². The third-order valence-corrected chi connectivity index (χ3v) is 3.81. The Morgan fingerprint density at radius 1 is 1.08 bits per heavy atom. The maximum Gasteiger partial charge on any atom is 0.258 e. The third-order valence-electron chi connectivity index (χ3n) is 3.27. The molecule has 0 bridgehead atoms. The summed E-state index contributed by atoms with van der Waals surface area (Å²) in [7, 11) is 0. The summed E-state index contributed by atoms with van der Waals surface area (Å²) < 4.78 is 0. The first-order valence-corrected chi connectivity index (χ1v) is 8.08. The summed E-state index contributed by atoms with van der Waals surface area (Å²) >= 11 is 11.9. The van der Waals surface area contributed by atoms with E-state index in [1.54, 1.807) is 30.6 Å². The molecule has 126 valence electrons. The molecule has 0 radical (unpaired) electrons. The zero-order chi connectivity index (χ0) is 17.6. The van der Waals surface area contributed by atoms with Gasteiger partial charge in [-0.25, -0.2) is 9.97 Å². The van der Waals surface area contributed by atoms with Crippen LogP contribution in [0, 0.1) is 0 Å². The van der Waals surface area contributed by atoms with Gasteiger partial charge >= 0.3 is 0 Å². The van der Waals surface area contributed by atoms with Gasteiger partial charge in [-0.2, -0.15) is 0 Å². The van der Waals surface area contributed by atoms with Gasteiger partial charge < -0.3 is 10.6 Å². The Morgan fingerprint density at radius 2 is 1.88 bits per heavy atom. The number of nitrogens with zero attached hydrogens (tertiary/aromatic N) is 3. The van der Waals surface area contributed by atoms with Crippen molar-refractivity contribution in [1.29, 1.82) is 0 Å². The van der Waals surface area contributed by atoms with Crippen LogP contribution in [0.5, 0.6) is 0 Å². The van der Waals surface area contributed by atoms with Crippen LogP contribution in [0.4, 0.5) is 11.6 Å². The standard InChI is InChI=1S/C17H13Cl2N5O/c18-13-3-4-15(14(19)6-13)24-16(25)12-9-22-17(23-10-12)21-8-11-2-1-5-20-7-11/h1-7,9-10H,8H2,(H,24,25)(H,21,22,23). The summed E-state index contributed by atoms with van der Waals surface area (Å²) in [5.41, 5.74) is 1.79. The van der Waals surface area contributed by atoms with Gasteiger partial charge in [0.15, 0.2) is 0 Å². The van der Waals surface area contributed by atoms with Gasteiger partial charge in [-0.15, -0.1) is 0 Å². The molecule has 0 spiro atoms. The first-order valence-electron chi connectivity index (χ1n) is 7.33. The summed E-state index contributed by atoms with van der Waals surface area (Å²) in [6.45, 7) is 0.541. The number of pyridine rings is 1. The SMILES string of the molecule is O=C(Nc1ccc(Cl)cc1Cl)c1cnc(NCc2cccnc2)nc1. The van der Waals surface area contributed by atoms with Crippen LogP contribution >= 0.6 is 23.2 Å². The topological polar surface area (TPSA) is 79.8 Å². The quantitative estimate of drug-likeness (QED) is 0.705. The lowest BCUT2D eigenvalue weighted by Gasteiger charge is -2.08. The summed E-state index contributed by atoms with van der Waals surface area (Å²) in [5.74, 6) is 0.0629. The third kappa shape index (κ3) is 4.65. The van der Waals surface area contributed by atoms with Gasteiger partial charge in [-0.1, -0.05) is 29.3 Å². The van der Waals surface area contributed by atoms with Crippen LogP contribution in [0.25, 0.3) is 0 Å². The molecular weight excluding hydrogens is 361 g/mol. The monoisotopic (exact) mass is 373 g/mol. The molecule has 0 fully saturated rings. The van der Waals surface area contributed by atoms with E-state index in [4.69, 9.17) is 23.2 Å². The van der Waals surface area contributed by atoms with Gasteiger partial charge in [0, 0.05) is 36.4 Å². The molecular formula is C17H13Cl2N5O. The molecule has 0 aliphatic heterocycles. The smallest absolute Gasteiger partial charge is 0.258 e. The van der Waals surface area contributed by atoms with Gasteiger partial charge in [0.25, 0.3) is 5.91 Å². The number of aromatic nitrogens is 3. The predicted octanol–water partition coefficient (Wildman–Crippen LogP) is 4.04. The fourth-order valence-corrected chi connectivity index (χ4v) is 2.46. The summed E-state index contributed by atoms with van der Waals surface area (Å²) in [6, 6.07) is 8.63. The number of hydrogen-bond acceptors (Lipinski definition) is 5. The van der Waals surface area contributed by atoms with E-state index in [0.29, 0.717) is 33.8 Å². The molecule has 0 saturated carbocycles. The van der Waals surface area contributed by atoms with E-state index in [0.717, 1.165) is 5.56 Å². The number of hydrogen-bond donors (Lipinski definition) is 2. The molecule has 6 nitrogen and oxygen atoms in total. The first kappa shape index (κ1) is 17.1. The van der Waals surface area contributed by atoms with Gasteiger partial charge in [-0.05, 0) is 29.8 Å². The molecule has 0 unspecified atom stereocenters. The van der Waals surface area contributed by atoms with Crippen LogP contribution in [0.1, 0.15) is 15.9 Å². The molecule has 0 aliphatic carbocycles. The van der Waals surface area contributed by atoms with Gasteiger partial charge in [-0.3, -0.25) is 9.78 Å². The second-order valence-corrected chi connectivity index (χ2v) is 5.93. The summed E-state index contributed by atoms with van der Waals surface area (Å²) in [5, 5.41) is 6.61. The second-order valence-electron chi connectivity index (χ2n) is 5.09. The molecule has 0 saturated heterocycles. The van der Waals surface area contributed by atoms with Crippen LogP contribution < -0.4 is 10.6 Å². The van der Waals surface area contributed by atoms with E-state index in [9.17, 15) is 4.79 Å². The number of halogens is 2. The van der Waals surface area contributed by atoms with E-state index in [1.165, 1.54) is 12.4 Å². The van der Waals surface area contributed by atoms with E-state index >= 15 is 0 Å². The van der Waals surface area contributed by atoms with Crippen LogP contribution in [0.2, 0.25) is 10.0 Å². The van der Waals surface area contributed by atoms with Crippen LogP contribution in [0.15, 0.2) is 55.1 Å². The number of amides is 1. The fourth-order valence-electron chi connectivity index (χ4n) is 2.01. The highest BCUT2D eigenvalue weighted by Gasteiger charge is 2.10. The van der Waals surface area contributed by atoms with Crippen molar-refractivity contribution in [2.45, 2.75) is 6.54 Å². The highest BCUT2D eigenvalue weighted by molar-refractivity contribution is 6.36. The number of rotatable bonds is 5. The minimum absolute atomic E-state index is 0.318. The van der Waals surface area contributed by atoms with E-state index in [-0.39, 0.29) is 5.91 Å². The van der Waals surface area contributed by atoms with Crippen molar-refractivity contribution in [2.24, 2.45) is 0 Å². The van der Waals surface area contributed by atoms with Gasteiger partial charge in [0.1, 0.15) is 0 Å². The number of carbonyl (C=O) groups is 1. The number of benzene rings is 1. The largest absolute Gasteiger partial charge is 0.350 e. The van der Waals surface area contributed by atoms with E-state index in [1.807, 2.05) is 12.1 Å². The molecule has 3 aromatic rings. The minimum atomic E-state index is -0.358. The van der Waals surface area contributed by atoms with Gasteiger partial charge in [0.2, 0.25) is 5.95 Å². The molecule has 25 heavy (non-hydrogen) atoms. The average molecular weight is 374 g/mol. The predicted molar refractivity (Wildman–Crippen MR) is 98.0 cm³/mol. The summed E-state index contributed by atoms with van der Waals surface area (Å²) in [6.07, 6.45) is 6.35. The van der Waals surface area contributed by atoms with Crippen molar-refractivity contribution < 1.29 is 4.79 Å². The highest BCUT2D eigenvalue weighted by Crippen LogP contribution is 2.25. The van der Waals surface area contributed by atoms with Gasteiger partial charge in [0.05, 0.1) is 16.3 Å². The Labute approximate surface area is 154 Å². The molecule has 2 heterocycles. The first-order chi connectivity index (χ1) is 12.1. The maximum absolute atomic E-state index is 12.2. The summed E-state index contributed by atoms with van der Waals surface area (Å²) in [4.78, 5) is 24.5. The number of nitrogens with one attached hydrogen (secondary N) is 2. The maximum atomic E-state index is 12.2. The average Bonchev–Trinajstić information content (AvgIpc) is 2.63. The lowest BCUT2D eigenvalue weighted by Crippen LogP contribution is -2.13. The molecule has 2 N–H and O–H groups in total. The molecule has 1 aromatic carbocycles. The zero-order valence-electron chi connectivity index (χ0n) is 12.9. The van der Waals surface area contributed by atoms with Crippen molar-refractivity contribution in [2.75, 3.05) is 10.6 Å². The van der Waals surface area contributed by atoms with Crippen LogP contribution in [-0.4, -0.2) is 20.9 Å². The lowest BCUT2D eigenvalue weighted by molar-refractivity contribution is 0.102. The molecule has 0 aliphatic rings. The highest BCUT2D eigenvalue weighted by atomic mass is 35.5. The normalized spacial score (nSPS) is 10.3. The Kier molecular flexibility index (Phi) is 5.42. The Balaban J connectivity index is 1.62. The van der Waals surface area contributed by atoms with E-state index in [2.05, 4.69) is 25.6 Å². The van der Waals surface area contributed by atoms with Crippen LogP contribution in [0.3, 0.4) is 0 Å². The second kappa shape index (κ2) is 7.92. The van der Waals surface area contributed by atoms with Crippen molar-refractivity contribution in [3.8, 4) is 0 Å². The molecule has 8 heteroatoms. The van der Waals surface area contributed by atoms with E-state index < -0.39 is 0 Å². The fraction of sp³-hybridized carbons (Fsp3) is 0.0588. The van der Waals surface area contributed by atoms with Crippen molar-refractivity contribution in [3.05, 3.63) is 76.3 Å². The van der Waals surface area contributed by atoms with Crippen LogP contribution in [-0.2, 0) is 6.54 Å². The Morgan fingerprint density at radius 3 is 2.56 bits per heavy atom. The Bertz CT molecular complexity index is 872. The molecule has 0 atom stereocenters. The van der Waals surface area contributed by atoms with Crippen molar-refractivity contribution in [1.82, 2.24) is 15.0 Å². The molecule has 3 rings (SSSR count).